The van der Waals surface area contributed by atoms with E-state index in [1.807, 2.05) is 0 Å². The van der Waals surface area contributed by atoms with Crippen molar-refractivity contribution in [2.75, 3.05) is 5.32 Å². The number of anilines is 1. The maximum atomic E-state index is 11.1. The highest BCUT2D eigenvalue weighted by atomic mass is 16.4. The molecule has 0 aliphatic carbocycles. The summed E-state index contributed by atoms with van der Waals surface area (Å²) in [6.45, 7) is 1.73. The Bertz CT molecular complexity index is 451. The van der Waals surface area contributed by atoms with Crippen molar-refractivity contribution in [2.45, 2.75) is 19.8 Å². The third-order valence-corrected chi connectivity index (χ3v) is 2.58. The molecule has 0 spiro atoms. The first kappa shape index (κ1) is 9.71. The Balaban J connectivity index is 2.50. The average Bonchev–Trinajstić information content (AvgIpc) is 2.15. The third kappa shape index (κ3) is 1.70. The van der Waals surface area contributed by atoms with Crippen molar-refractivity contribution in [1.29, 1.82) is 0 Å². The molecule has 2 N–H and O–H groups in total. The van der Waals surface area contributed by atoms with Crippen LogP contribution in [0.25, 0.3) is 0 Å². The second-order valence-corrected chi connectivity index (χ2v) is 3.68. The number of carbonyl (C=O) groups excluding carboxylic acids is 1. The van der Waals surface area contributed by atoms with Gasteiger partial charge in [-0.25, -0.2) is 4.79 Å². The standard InChI is InChI=1S/C11H11NO3/c1-6-4-9-7(2-3-10(13)12-9)5-8(6)11(14)15/h4-5H,2-3H2,1H3,(H,12,13)(H,14,15). The van der Waals surface area contributed by atoms with Crippen molar-refractivity contribution in [1.82, 2.24) is 0 Å². The van der Waals surface area contributed by atoms with Gasteiger partial charge in [-0.05, 0) is 36.6 Å². The Labute approximate surface area is 86.9 Å². The van der Waals surface area contributed by atoms with Crippen molar-refractivity contribution < 1.29 is 14.7 Å². The van der Waals surface area contributed by atoms with Crippen LogP contribution in [0.15, 0.2) is 12.1 Å². The number of carbonyl (C=O) groups is 2. The monoisotopic (exact) mass is 205 g/mol. The normalized spacial score (nSPS) is 14.3. The Hall–Kier alpha value is -1.84. The predicted molar refractivity (Wildman–Crippen MR) is 55.1 cm³/mol. The second kappa shape index (κ2) is 3.38. The van der Waals surface area contributed by atoms with Crippen LogP contribution in [0.1, 0.15) is 27.9 Å². The predicted octanol–water partition coefficient (Wildman–Crippen LogP) is 1.58. The Kier molecular flexibility index (Phi) is 2.19. The fourth-order valence-corrected chi connectivity index (χ4v) is 1.77. The molecule has 0 atom stereocenters. The highest BCUT2D eigenvalue weighted by Crippen LogP contribution is 2.26. The van der Waals surface area contributed by atoms with Crippen molar-refractivity contribution >= 4 is 17.6 Å². The van der Waals surface area contributed by atoms with Gasteiger partial charge in [-0.1, -0.05) is 0 Å². The van der Waals surface area contributed by atoms with Gasteiger partial charge in [0.25, 0.3) is 0 Å². The number of carboxylic acid groups (broad SMARTS) is 1. The summed E-state index contributed by atoms with van der Waals surface area (Å²) in [5.74, 6) is -0.933. The molecule has 0 bridgehead atoms. The first-order valence-corrected chi connectivity index (χ1v) is 4.74. The lowest BCUT2D eigenvalue weighted by atomic mass is 9.97. The summed E-state index contributed by atoms with van der Waals surface area (Å²) in [4.78, 5) is 22.0. The van der Waals surface area contributed by atoms with Crippen LogP contribution in [-0.2, 0) is 11.2 Å². The smallest absolute Gasteiger partial charge is 0.335 e. The second-order valence-electron chi connectivity index (χ2n) is 3.68. The maximum absolute atomic E-state index is 11.1. The van der Waals surface area contributed by atoms with E-state index in [1.165, 1.54) is 0 Å². The number of amides is 1. The van der Waals surface area contributed by atoms with E-state index in [1.54, 1.807) is 19.1 Å². The van der Waals surface area contributed by atoms with Crippen molar-refractivity contribution in [3.05, 3.63) is 28.8 Å². The van der Waals surface area contributed by atoms with Gasteiger partial charge in [-0.15, -0.1) is 0 Å². The minimum absolute atomic E-state index is 0.00928. The van der Waals surface area contributed by atoms with Crippen LogP contribution in [0.4, 0.5) is 5.69 Å². The zero-order valence-electron chi connectivity index (χ0n) is 8.33. The first-order chi connectivity index (χ1) is 7.08. The van der Waals surface area contributed by atoms with E-state index in [0.717, 1.165) is 11.3 Å². The molecule has 0 radical (unpaired) electrons. The van der Waals surface area contributed by atoms with Crippen LogP contribution in [0, 0.1) is 6.92 Å². The Morgan fingerprint density at radius 2 is 2.13 bits per heavy atom. The summed E-state index contributed by atoms with van der Waals surface area (Å²) in [5.41, 5.74) is 2.62. The topological polar surface area (TPSA) is 66.4 Å². The van der Waals surface area contributed by atoms with Gasteiger partial charge in [0.15, 0.2) is 0 Å². The van der Waals surface area contributed by atoms with E-state index < -0.39 is 5.97 Å². The molecule has 1 heterocycles. The number of hydrogen-bond acceptors (Lipinski definition) is 2. The first-order valence-electron chi connectivity index (χ1n) is 4.74. The van der Waals surface area contributed by atoms with Crippen molar-refractivity contribution in [2.24, 2.45) is 0 Å². The fourth-order valence-electron chi connectivity index (χ4n) is 1.77. The molecule has 2 rings (SSSR count). The largest absolute Gasteiger partial charge is 0.478 e. The van der Waals surface area contributed by atoms with E-state index in [2.05, 4.69) is 5.32 Å². The van der Waals surface area contributed by atoms with E-state index in [9.17, 15) is 9.59 Å². The quantitative estimate of drug-likeness (QED) is 0.731. The minimum Gasteiger partial charge on any atom is -0.478 e. The maximum Gasteiger partial charge on any atom is 0.335 e. The molecule has 4 heteroatoms. The number of carboxylic acids is 1. The molecule has 0 aromatic heterocycles. The molecular weight excluding hydrogens is 194 g/mol. The summed E-state index contributed by atoms with van der Waals surface area (Å²) < 4.78 is 0. The zero-order chi connectivity index (χ0) is 11.0. The van der Waals surface area contributed by atoms with E-state index in [-0.39, 0.29) is 5.91 Å². The van der Waals surface area contributed by atoms with E-state index in [0.29, 0.717) is 24.0 Å². The van der Waals surface area contributed by atoms with Gasteiger partial charge >= 0.3 is 5.97 Å². The molecular formula is C11H11NO3. The number of aryl methyl sites for hydroxylation is 2. The highest BCUT2D eigenvalue weighted by molar-refractivity contribution is 5.96. The van der Waals surface area contributed by atoms with Crippen LogP contribution in [0.2, 0.25) is 0 Å². The SMILES string of the molecule is Cc1cc2c(cc1C(=O)O)CCC(=O)N2. The van der Waals surface area contributed by atoms with Gasteiger partial charge < -0.3 is 10.4 Å². The summed E-state index contributed by atoms with van der Waals surface area (Å²) in [7, 11) is 0. The van der Waals surface area contributed by atoms with Crippen LogP contribution in [-0.4, -0.2) is 17.0 Å². The number of hydrogen-bond donors (Lipinski definition) is 2. The zero-order valence-corrected chi connectivity index (χ0v) is 8.33. The molecule has 0 unspecified atom stereocenters. The molecule has 78 valence electrons. The Morgan fingerprint density at radius 1 is 1.40 bits per heavy atom. The number of fused-ring (bicyclic) bond motifs is 1. The van der Waals surface area contributed by atoms with Gasteiger partial charge in [0.05, 0.1) is 5.56 Å². The lowest BCUT2D eigenvalue weighted by Crippen LogP contribution is -2.19. The number of nitrogens with one attached hydrogen (secondary N) is 1. The molecule has 1 aliphatic rings. The van der Waals surface area contributed by atoms with Gasteiger partial charge in [-0.3, -0.25) is 4.79 Å². The van der Waals surface area contributed by atoms with E-state index in [4.69, 9.17) is 5.11 Å². The molecule has 0 saturated heterocycles. The van der Waals surface area contributed by atoms with Gasteiger partial charge in [-0.2, -0.15) is 0 Å². The van der Waals surface area contributed by atoms with Crippen LogP contribution in [0.3, 0.4) is 0 Å². The molecule has 4 nitrogen and oxygen atoms in total. The van der Waals surface area contributed by atoms with E-state index >= 15 is 0 Å². The molecule has 1 amide bonds. The number of rotatable bonds is 1. The van der Waals surface area contributed by atoms with Crippen molar-refractivity contribution in [3.63, 3.8) is 0 Å². The lowest BCUT2D eigenvalue weighted by molar-refractivity contribution is -0.116. The van der Waals surface area contributed by atoms with Crippen LogP contribution < -0.4 is 5.32 Å². The number of aromatic carboxylic acids is 1. The molecule has 15 heavy (non-hydrogen) atoms. The molecule has 0 saturated carbocycles. The van der Waals surface area contributed by atoms with Crippen molar-refractivity contribution in [3.8, 4) is 0 Å². The van der Waals surface area contributed by atoms with Crippen LogP contribution in [0.5, 0.6) is 0 Å². The highest BCUT2D eigenvalue weighted by Gasteiger charge is 2.18. The van der Waals surface area contributed by atoms with Gasteiger partial charge in [0, 0.05) is 12.1 Å². The molecule has 0 fully saturated rings. The minimum atomic E-state index is -0.924. The number of benzene rings is 1. The average molecular weight is 205 g/mol. The summed E-state index contributed by atoms with van der Waals surface area (Å²) in [6, 6.07) is 3.36. The summed E-state index contributed by atoms with van der Waals surface area (Å²) >= 11 is 0. The van der Waals surface area contributed by atoms with Gasteiger partial charge in [0.2, 0.25) is 5.91 Å². The molecule has 1 aliphatic heterocycles. The summed E-state index contributed by atoms with van der Waals surface area (Å²) in [6.07, 6.45) is 1.04. The van der Waals surface area contributed by atoms with Crippen LogP contribution >= 0.6 is 0 Å². The molecule has 1 aromatic rings. The fraction of sp³-hybridized carbons (Fsp3) is 0.273. The van der Waals surface area contributed by atoms with Gasteiger partial charge in [0.1, 0.15) is 0 Å². The molecule has 1 aromatic carbocycles. The summed E-state index contributed by atoms with van der Waals surface area (Å²) in [5, 5.41) is 11.7. The third-order valence-electron chi connectivity index (χ3n) is 2.58. The lowest BCUT2D eigenvalue weighted by Gasteiger charge is -2.18. The Morgan fingerprint density at radius 3 is 2.80 bits per heavy atom.